The molecule has 3 N–H and O–H groups in total. The van der Waals surface area contributed by atoms with Crippen molar-refractivity contribution in [1.29, 1.82) is 0 Å². The number of nitrogens with one attached hydrogen (secondary N) is 1. The minimum atomic E-state index is 0.0572. The minimum absolute atomic E-state index is 0.0572. The number of pyridine rings is 1. The number of halogens is 2. The SMILES string of the molecule is CCCC(C)Oc1nc(NN)c(Cl)cc1Cl. The molecule has 1 heterocycles. The second-order valence-corrected chi connectivity index (χ2v) is 4.28. The van der Waals surface area contributed by atoms with Crippen LogP contribution in [-0.2, 0) is 0 Å². The van der Waals surface area contributed by atoms with E-state index < -0.39 is 0 Å². The van der Waals surface area contributed by atoms with Crippen molar-refractivity contribution in [2.24, 2.45) is 5.84 Å². The van der Waals surface area contributed by atoms with E-state index in [1.54, 1.807) is 6.07 Å². The van der Waals surface area contributed by atoms with Crippen molar-refractivity contribution in [3.63, 3.8) is 0 Å². The van der Waals surface area contributed by atoms with E-state index >= 15 is 0 Å². The molecule has 0 spiro atoms. The highest BCUT2D eigenvalue weighted by atomic mass is 35.5. The predicted octanol–water partition coefficient (Wildman–Crippen LogP) is 3.24. The molecule has 0 fully saturated rings. The molecule has 1 rings (SSSR count). The molecule has 0 aliphatic heterocycles. The first kappa shape index (κ1) is 13.4. The summed E-state index contributed by atoms with van der Waals surface area (Å²) < 4.78 is 5.59. The summed E-state index contributed by atoms with van der Waals surface area (Å²) >= 11 is 11.8. The molecule has 0 saturated heterocycles. The van der Waals surface area contributed by atoms with Gasteiger partial charge in [-0.15, -0.1) is 0 Å². The number of hydrogen-bond acceptors (Lipinski definition) is 4. The van der Waals surface area contributed by atoms with Crippen molar-refractivity contribution in [3.8, 4) is 5.88 Å². The Bertz CT molecular complexity index is 360. The number of nitrogens with two attached hydrogens (primary N) is 1. The van der Waals surface area contributed by atoms with E-state index in [4.69, 9.17) is 33.8 Å². The van der Waals surface area contributed by atoms with Crippen LogP contribution < -0.4 is 16.0 Å². The number of hydrogen-bond donors (Lipinski definition) is 2. The van der Waals surface area contributed by atoms with Gasteiger partial charge in [-0.05, 0) is 19.4 Å². The summed E-state index contributed by atoms with van der Waals surface area (Å²) in [6, 6.07) is 1.55. The highest BCUT2D eigenvalue weighted by molar-refractivity contribution is 6.36. The molecule has 1 aromatic heterocycles. The monoisotopic (exact) mass is 263 g/mol. The first-order valence-corrected chi connectivity index (χ1v) is 5.83. The first-order chi connectivity index (χ1) is 7.58. The maximum Gasteiger partial charge on any atom is 0.234 e. The fraction of sp³-hybridized carbons (Fsp3) is 0.500. The zero-order chi connectivity index (χ0) is 12.1. The van der Waals surface area contributed by atoms with E-state index in [2.05, 4.69) is 17.3 Å². The van der Waals surface area contributed by atoms with Gasteiger partial charge in [-0.2, -0.15) is 4.98 Å². The van der Waals surface area contributed by atoms with Gasteiger partial charge in [0.15, 0.2) is 5.82 Å². The molecule has 0 aliphatic carbocycles. The molecule has 0 saturated carbocycles. The molecule has 1 aromatic rings. The van der Waals surface area contributed by atoms with Crippen LogP contribution in [-0.4, -0.2) is 11.1 Å². The van der Waals surface area contributed by atoms with Gasteiger partial charge in [-0.25, -0.2) is 5.84 Å². The van der Waals surface area contributed by atoms with Gasteiger partial charge in [0.25, 0.3) is 0 Å². The zero-order valence-electron chi connectivity index (χ0n) is 9.26. The van der Waals surface area contributed by atoms with Crippen LogP contribution in [0.5, 0.6) is 5.88 Å². The van der Waals surface area contributed by atoms with E-state index in [0.717, 1.165) is 12.8 Å². The van der Waals surface area contributed by atoms with E-state index in [9.17, 15) is 0 Å². The quantitative estimate of drug-likeness (QED) is 0.633. The largest absolute Gasteiger partial charge is 0.474 e. The van der Waals surface area contributed by atoms with Crippen LogP contribution in [0.25, 0.3) is 0 Å². The Balaban J connectivity index is 2.87. The molecule has 1 atom stereocenters. The average molecular weight is 264 g/mol. The summed E-state index contributed by atoms with van der Waals surface area (Å²) in [6.07, 6.45) is 2.03. The minimum Gasteiger partial charge on any atom is -0.474 e. The van der Waals surface area contributed by atoms with Crippen LogP contribution in [0.2, 0.25) is 10.0 Å². The van der Waals surface area contributed by atoms with Crippen LogP contribution in [0.3, 0.4) is 0 Å². The molecule has 0 aliphatic rings. The molecule has 6 heteroatoms. The standard InChI is InChI=1S/C10H15Cl2N3O/c1-3-4-6(2)16-10-8(12)5-7(11)9(14-10)15-13/h5-6H,3-4,13H2,1-2H3,(H,14,15). The van der Waals surface area contributed by atoms with Crippen molar-refractivity contribution in [2.75, 3.05) is 5.43 Å². The number of nitrogen functional groups attached to an aromatic ring is 1. The summed E-state index contributed by atoms with van der Waals surface area (Å²) in [5, 5.41) is 0.745. The summed E-state index contributed by atoms with van der Waals surface area (Å²) in [5.74, 6) is 5.96. The molecule has 1 unspecified atom stereocenters. The van der Waals surface area contributed by atoms with Crippen molar-refractivity contribution < 1.29 is 4.74 Å². The normalized spacial score (nSPS) is 12.3. The van der Waals surface area contributed by atoms with Gasteiger partial charge in [0.2, 0.25) is 5.88 Å². The molecule has 16 heavy (non-hydrogen) atoms. The van der Waals surface area contributed by atoms with Crippen molar-refractivity contribution >= 4 is 29.0 Å². The van der Waals surface area contributed by atoms with Crippen molar-refractivity contribution in [3.05, 3.63) is 16.1 Å². The molecular formula is C10H15Cl2N3O. The first-order valence-electron chi connectivity index (χ1n) is 5.07. The Morgan fingerprint density at radius 3 is 2.75 bits per heavy atom. The van der Waals surface area contributed by atoms with Crippen LogP contribution in [0, 0.1) is 0 Å². The fourth-order valence-corrected chi connectivity index (χ4v) is 1.75. The summed E-state index contributed by atoms with van der Waals surface area (Å²) in [5.41, 5.74) is 2.39. The van der Waals surface area contributed by atoms with Crippen LogP contribution in [0.15, 0.2) is 6.07 Å². The van der Waals surface area contributed by atoms with Gasteiger partial charge in [0.1, 0.15) is 5.02 Å². The summed E-state index contributed by atoms with van der Waals surface area (Å²) in [4.78, 5) is 4.09. The number of nitrogens with zero attached hydrogens (tertiary/aromatic N) is 1. The van der Waals surface area contributed by atoms with Gasteiger partial charge in [0, 0.05) is 0 Å². The zero-order valence-corrected chi connectivity index (χ0v) is 10.8. The van der Waals surface area contributed by atoms with Crippen LogP contribution in [0.4, 0.5) is 5.82 Å². The predicted molar refractivity (Wildman–Crippen MR) is 67.1 cm³/mol. The summed E-state index contributed by atoms with van der Waals surface area (Å²) in [6.45, 7) is 4.05. The van der Waals surface area contributed by atoms with E-state index in [1.807, 2.05) is 6.92 Å². The average Bonchev–Trinajstić information content (AvgIpc) is 2.22. The third kappa shape index (κ3) is 3.40. The fourth-order valence-electron chi connectivity index (χ4n) is 1.29. The third-order valence-corrected chi connectivity index (χ3v) is 2.60. The van der Waals surface area contributed by atoms with Crippen molar-refractivity contribution in [1.82, 2.24) is 4.98 Å². The molecule has 0 aromatic carbocycles. The smallest absolute Gasteiger partial charge is 0.234 e. The highest BCUT2D eigenvalue weighted by Crippen LogP contribution is 2.31. The lowest BCUT2D eigenvalue weighted by Crippen LogP contribution is -2.14. The van der Waals surface area contributed by atoms with Gasteiger partial charge in [-0.3, -0.25) is 0 Å². The van der Waals surface area contributed by atoms with E-state index in [-0.39, 0.29) is 6.10 Å². The number of anilines is 1. The second kappa shape index (κ2) is 6.13. The Morgan fingerprint density at radius 2 is 2.19 bits per heavy atom. The second-order valence-electron chi connectivity index (χ2n) is 3.47. The maximum absolute atomic E-state index is 5.96. The maximum atomic E-state index is 5.96. The van der Waals surface area contributed by atoms with Gasteiger partial charge in [-0.1, -0.05) is 36.5 Å². The van der Waals surface area contributed by atoms with Gasteiger partial charge < -0.3 is 10.2 Å². The Labute approximate surface area is 105 Å². The molecule has 0 amide bonds. The number of ether oxygens (including phenoxy) is 1. The third-order valence-electron chi connectivity index (χ3n) is 2.04. The molecule has 0 radical (unpaired) electrons. The lowest BCUT2D eigenvalue weighted by atomic mass is 10.2. The lowest BCUT2D eigenvalue weighted by molar-refractivity contribution is 0.202. The van der Waals surface area contributed by atoms with Gasteiger partial charge in [0.05, 0.1) is 11.1 Å². The van der Waals surface area contributed by atoms with Crippen LogP contribution in [0.1, 0.15) is 26.7 Å². The van der Waals surface area contributed by atoms with E-state index in [0.29, 0.717) is 21.7 Å². The Kier molecular flexibility index (Phi) is 5.12. The number of hydrazine groups is 1. The Hall–Kier alpha value is -0.710. The number of aromatic nitrogens is 1. The summed E-state index contributed by atoms with van der Waals surface area (Å²) in [7, 11) is 0. The molecule has 4 nitrogen and oxygen atoms in total. The van der Waals surface area contributed by atoms with E-state index in [1.165, 1.54) is 0 Å². The Morgan fingerprint density at radius 1 is 1.50 bits per heavy atom. The van der Waals surface area contributed by atoms with Crippen molar-refractivity contribution in [2.45, 2.75) is 32.8 Å². The topological polar surface area (TPSA) is 60.2 Å². The van der Waals surface area contributed by atoms with Gasteiger partial charge >= 0.3 is 0 Å². The molecule has 90 valence electrons. The lowest BCUT2D eigenvalue weighted by Gasteiger charge is -2.15. The molecular weight excluding hydrogens is 249 g/mol. The van der Waals surface area contributed by atoms with Crippen LogP contribution >= 0.6 is 23.2 Å². The highest BCUT2D eigenvalue weighted by Gasteiger charge is 2.12. The molecule has 0 bridgehead atoms. The number of rotatable bonds is 5.